The van der Waals surface area contributed by atoms with Crippen molar-refractivity contribution < 1.29 is 22.9 Å². The third-order valence-corrected chi connectivity index (χ3v) is 7.76. The molecule has 1 N–H and O–H groups in total. The summed E-state index contributed by atoms with van der Waals surface area (Å²) in [6.07, 6.45) is 1.82. The molecule has 0 aliphatic carbocycles. The molecule has 0 aliphatic heterocycles. The van der Waals surface area contributed by atoms with Crippen LogP contribution >= 0.6 is 15.9 Å². The van der Waals surface area contributed by atoms with E-state index in [4.69, 9.17) is 0 Å². The van der Waals surface area contributed by atoms with Gasteiger partial charge in [-0.3, -0.25) is 24.0 Å². The molecule has 0 bridgehead atoms. The van der Waals surface area contributed by atoms with Crippen LogP contribution in [-0.4, -0.2) is 55.4 Å². The summed E-state index contributed by atoms with van der Waals surface area (Å²) in [5, 5.41) is 14.2. The minimum absolute atomic E-state index is 0.0244. The number of non-ortho nitro benzene ring substituents is 1. The van der Waals surface area contributed by atoms with E-state index in [-0.39, 0.29) is 30.2 Å². The number of hydrogen-bond acceptors (Lipinski definition) is 6. The number of nitro benzene ring substituents is 1. The number of halogens is 1. The fourth-order valence-corrected chi connectivity index (χ4v) is 5.19. The van der Waals surface area contributed by atoms with E-state index in [0.717, 1.165) is 32.2 Å². The molecule has 0 saturated heterocycles. The zero-order valence-electron chi connectivity index (χ0n) is 22.2. The molecule has 0 aliphatic rings. The zero-order valence-corrected chi connectivity index (χ0v) is 24.6. The summed E-state index contributed by atoms with van der Waals surface area (Å²) in [7, 11) is -4.03. The smallest absolute Gasteiger partial charge is 0.271 e. The molecule has 0 fully saturated rings. The Labute approximate surface area is 242 Å². The van der Waals surface area contributed by atoms with Crippen LogP contribution in [0.2, 0.25) is 0 Å². The van der Waals surface area contributed by atoms with E-state index >= 15 is 0 Å². The molecule has 0 saturated carbocycles. The van der Waals surface area contributed by atoms with Crippen molar-refractivity contribution in [1.82, 2.24) is 10.2 Å². The number of sulfonamides is 1. The molecule has 0 heterocycles. The number of hydrogen-bond donors (Lipinski definition) is 1. The molecule has 0 radical (unpaired) electrons. The van der Waals surface area contributed by atoms with Crippen LogP contribution in [0.4, 0.5) is 11.4 Å². The predicted molar refractivity (Wildman–Crippen MR) is 157 cm³/mol. The average molecular weight is 632 g/mol. The molecular weight excluding hydrogens is 600 g/mol. The van der Waals surface area contributed by atoms with Gasteiger partial charge in [0, 0.05) is 36.1 Å². The third kappa shape index (κ3) is 8.62. The molecule has 212 valence electrons. The largest absolute Gasteiger partial charge is 0.354 e. The highest BCUT2D eigenvalue weighted by Crippen LogP contribution is 2.24. The van der Waals surface area contributed by atoms with Gasteiger partial charge in [0.2, 0.25) is 21.8 Å². The molecule has 3 aromatic rings. The molecule has 0 unspecified atom stereocenters. The Bertz CT molecular complexity index is 1430. The maximum atomic E-state index is 14.0. The second kappa shape index (κ2) is 14.0. The first kappa shape index (κ1) is 30.8. The standard InChI is InChI=1S/C28H31BrN4O6S/c1-3-16-30-28(35)26(17-21-8-5-4-6-9-21)31(19-22-12-14-23(29)15-13-22)27(34)20-32(40(2,38)39)24-10-7-11-25(18-24)33(36)37/h4-15,18,26H,3,16-17,19-20H2,1-2H3,(H,30,35)/t26-/m1/s1. The maximum absolute atomic E-state index is 14.0. The summed E-state index contributed by atoms with van der Waals surface area (Å²) >= 11 is 3.40. The normalized spacial score (nSPS) is 11.9. The van der Waals surface area contributed by atoms with Gasteiger partial charge in [-0.2, -0.15) is 0 Å². The van der Waals surface area contributed by atoms with Gasteiger partial charge in [-0.25, -0.2) is 8.42 Å². The Morgan fingerprint density at radius 3 is 2.27 bits per heavy atom. The molecule has 3 rings (SSSR count). The summed E-state index contributed by atoms with van der Waals surface area (Å²) in [5.41, 5.74) is 1.22. The van der Waals surface area contributed by atoms with Crippen molar-refractivity contribution in [2.75, 3.05) is 23.7 Å². The van der Waals surface area contributed by atoms with Crippen LogP contribution < -0.4 is 9.62 Å². The predicted octanol–water partition coefficient (Wildman–Crippen LogP) is 4.29. The number of amides is 2. The number of rotatable bonds is 13. The van der Waals surface area contributed by atoms with E-state index in [1.807, 2.05) is 61.5 Å². The average Bonchev–Trinajstić information content (AvgIpc) is 2.93. The second-order valence-corrected chi connectivity index (χ2v) is 12.0. The quantitative estimate of drug-likeness (QED) is 0.221. The first-order valence-corrected chi connectivity index (χ1v) is 15.2. The third-order valence-electron chi connectivity index (χ3n) is 6.09. The minimum Gasteiger partial charge on any atom is -0.354 e. The molecule has 2 amide bonds. The van der Waals surface area contributed by atoms with Crippen molar-refractivity contribution in [3.8, 4) is 0 Å². The number of benzene rings is 3. The van der Waals surface area contributed by atoms with Crippen molar-refractivity contribution >= 4 is 49.1 Å². The Hall–Kier alpha value is -3.77. The van der Waals surface area contributed by atoms with Crippen molar-refractivity contribution in [3.05, 3.63) is 105 Å². The molecular formula is C28H31BrN4O6S. The summed E-state index contributed by atoms with van der Waals surface area (Å²) in [5.74, 6) is -0.996. The Morgan fingerprint density at radius 1 is 1.00 bits per heavy atom. The lowest BCUT2D eigenvalue weighted by molar-refractivity contribution is -0.384. The van der Waals surface area contributed by atoms with E-state index in [9.17, 15) is 28.1 Å². The van der Waals surface area contributed by atoms with E-state index in [0.29, 0.717) is 13.0 Å². The van der Waals surface area contributed by atoms with Crippen LogP contribution in [0.5, 0.6) is 0 Å². The Balaban J connectivity index is 2.05. The fraction of sp³-hybridized carbons (Fsp3) is 0.286. The minimum atomic E-state index is -4.03. The molecule has 1 atom stereocenters. The van der Waals surface area contributed by atoms with Gasteiger partial charge >= 0.3 is 0 Å². The Kier molecular flexibility index (Phi) is 10.8. The van der Waals surface area contributed by atoms with E-state index in [1.165, 1.54) is 23.1 Å². The molecule has 0 aromatic heterocycles. The van der Waals surface area contributed by atoms with Gasteiger partial charge < -0.3 is 10.2 Å². The highest BCUT2D eigenvalue weighted by atomic mass is 79.9. The zero-order chi connectivity index (χ0) is 29.3. The van der Waals surface area contributed by atoms with Gasteiger partial charge in [-0.05, 0) is 35.7 Å². The van der Waals surface area contributed by atoms with Crippen LogP contribution in [0.3, 0.4) is 0 Å². The highest BCUT2D eigenvalue weighted by Gasteiger charge is 2.33. The van der Waals surface area contributed by atoms with Crippen LogP contribution in [0.25, 0.3) is 0 Å². The van der Waals surface area contributed by atoms with Gasteiger partial charge in [0.15, 0.2) is 0 Å². The summed E-state index contributed by atoms with van der Waals surface area (Å²) in [6, 6.07) is 20.6. The number of nitro groups is 1. The van der Waals surface area contributed by atoms with Crippen molar-refractivity contribution in [2.24, 2.45) is 0 Å². The second-order valence-electron chi connectivity index (χ2n) is 9.19. The molecule has 12 heteroatoms. The van der Waals surface area contributed by atoms with Crippen LogP contribution in [-0.2, 0) is 32.6 Å². The molecule has 40 heavy (non-hydrogen) atoms. The monoisotopic (exact) mass is 630 g/mol. The maximum Gasteiger partial charge on any atom is 0.271 e. The first-order valence-electron chi connectivity index (χ1n) is 12.6. The van der Waals surface area contributed by atoms with Crippen LogP contribution in [0.15, 0.2) is 83.3 Å². The van der Waals surface area contributed by atoms with Gasteiger partial charge in [0.1, 0.15) is 12.6 Å². The summed E-state index contributed by atoms with van der Waals surface area (Å²) in [4.78, 5) is 39.5. The van der Waals surface area contributed by atoms with Crippen molar-refractivity contribution in [2.45, 2.75) is 32.4 Å². The van der Waals surface area contributed by atoms with Gasteiger partial charge in [0.05, 0.1) is 16.9 Å². The fourth-order valence-electron chi connectivity index (χ4n) is 4.08. The topological polar surface area (TPSA) is 130 Å². The number of anilines is 1. The molecule has 3 aromatic carbocycles. The molecule has 10 nitrogen and oxygen atoms in total. The van der Waals surface area contributed by atoms with E-state index in [2.05, 4.69) is 21.2 Å². The lowest BCUT2D eigenvalue weighted by Gasteiger charge is -2.33. The highest BCUT2D eigenvalue weighted by molar-refractivity contribution is 9.10. The van der Waals surface area contributed by atoms with Crippen molar-refractivity contribution in [3.63, 3.8) is 0 Å². The summed E-state index contributed by atoms with van der Waals surface area (Å²) in [6.45, 7) is 1.71. The first-order chi connectivity index (χ1) is 19.0. The molecule has 0 spiro atoms. The lowest BCUT2D eigenvalue weighted by Crippen LogP contribution is -2.53. The Morgan fingerprint density at radius 2 is 1.68 bits per heavy atom. The van der Waals surface area contributed by atoms with Crippen LogP contribution in [0, 0.1) is 10.1 Å². The number of carbonyl (C=O) groups is 2. The van der Waals surface area contributed by atoms with E-state index in [1.54, 1.807) is 0 Å². The van der Waals surface area contributed by atoms with Gasteiger partial charge in [-0.1, -0.05) is 71.4 Å². The van der Waals surface area contributed by atoms with Gasteiger partial charge in [0.25, 0.3) is 5.69 Å². The van der Waals surface area contributed by atoms with Gasteiger partial charge in [-0.15, -0.1) is 0 Å². The summed E-state index contributed by atoms with van der Waals surface area (Å²) < 4.78 is 27.3. The SMILES string of the molecule is CCCNC(=O)[C@@H](Cc1ccccc1)N(Cc1ccc(Br)cc1)C(=O)CN(c1cccc([N+](=O)[O-])c1)S(C)(=O)=O. The van der Waals surface area contributed by atoms with Crippen LogP contribution in [0.1, 0.15) is 24.5 Å². The van der Waals surface area contributed by atoms with Crippen molar-refractivity contribution in [1.29, 1.82) is 0 Å². The lowest BCUT2D eigenvalue weighted by atomic mass is 10.0. The number of nitrogens with zero attached hydrogens (tertiary/aromatic N) is 3. The van der Waals surface area contributed by atoms with E-state index < -0.39 is 33.4 Å². The number of carbonyl (C=O) groups excluding carboxylic acids is 2. The number of nitrogens with one attached hydrogen (secondary N) is 1.